The number of hydrogen-bond donors (Lipinski definition) is 1. The lowest BCUT2D eigenvalue weighted by atomic mass is 10.2. The third-order valence-corrected chi connectivity index (χ3v) is 1.47. The van der Waals surface area contributed by atoms with Gasteiger partial charge >= 0.3 is 0 Å². The van der Waals surface area contributed by atoms with Crippen LogP contribution < -0.4 is 5.32 Å². The summed E-state index contributed by atoms with van der Waals surface area (Å²) in [6.45, 7) is 5.47. The molecule has 2 nitrogen and oxygen atoms in total. The maximum atomic E-state index is 12.5. The fraction of sp³-hybridized carbons (Fsp3) is 0.875. The Morgan fingerprint density at radius 2 is 2.09 bits per heavy atom. The lowest BCUT2D eigenvalue weighted by molar-refractivity contribution is -0.124. The van der Waals surface area contributed by atoms with Crippen LogP contribution in [0.2, 0.25) is 0 Å². The molecule has 0 fully saturated rings. The van der Waals surface area contributed by atoms with Crippen molar-refractivity contribution in [2.24, 2.45) is 5.92 Å². The third kappa shape index (κ3) is 4.76. The lowest BCUT2D eigenvalue weighted by Gasteiger charge is -2.09. The summed E-state index contributed by atoms with van der Waals surface area (Å²) in [6.07, 6.45) is -0.448. The topological polar surface area (TPSA) is 29.1 Å². The first-order valence-corrected chi connectivity index (χ1v) is 3.99. The Balaban J connectivity index is 3.46. The van der Waals surface area contributed by atoms with Gasteiger partial charge in [-0.25, -0.2) is 4.39 Å². The molecule has 1 amide bonds. The van der Waals surface area contributed by atoms with Crippen LogP contribution in [-0.4, -0.2) is 18.6 Å². The molecule has 0 aromatic rings. The van der Waals surface area contributed by atoms with E-state index < -0.39 is 6.17 Å². The number of halogens is 1. The highest BCUT2D eigenvalue weighted by Gasteiger charge is 2.08. The van der Waals surface area contributed by atoms with Gasteiger partial charge in [0.25, 0.3) is 0 Å². The lowest BCUT2D eigenvalue weighted by Crippen LogP contribution is -2.32. The molecule has 0 saturated carbocycles. The molecule has 0 rings (SSSR count). The van der Waals surface area contributed by atoms with Gasteiger partial charge in [0.05, 0.1) is 0 Å². The van der Waals surface area contributed by atoms with E-state index in [1.807, 2.05) is 0 Å². The minimum atomic E-state index is -0.905. The summed E-state index contributed by atoms with van der Waals surface area (Å²) in [5, 5.41) is 2.52. The van der Waals surface area contributed by atoms with Gasteiger partial charge in [0.1, 0.15) is 6.17 Å². The van der Waals surface area contributed by atoms with E-state index in [1.54, 1.807) is 20.8 Å². The number of hydrogen-bond acceptors (Lipinski definition) is 1. The van der Waals surface area contributed by atoms with Crippen molar-refractivity contribution in [2.75, 3.05) is 6.54 Å². The van der Waals surface area contributed by atoms with Crippen molar-refractivity contribution in [3.05, 3.63) is 0 Å². The summed E-state index contributed by atoms with van der Waals surface area (Å²) in [7, 11) is 0. The molecule has 0 spiro atoms. The number of amides is 1. The fourth-order valence-corrected chi connectivity index (χ4v) is 0.560. The molecule has 11 heavy (non-hydrogen) atoms. The molecule has 3 heteroatoms. The Hall–Kier alpha value is -0.600. The molecule has 0 radical (unpaired) electrons. The van der Waals surface area contributed by atoms with Crippen LogP contribution in [0.3, 0.4) is 0 Å². The van der Waals surface area contributed by atoms with Crippen LogP contribution in [-0.2, 0) is 4.79 Å². The van der Waals surface area contributed by atoms with Crippen LogP contribution in [0.4, 0.5) is 4.39 Å². The molecule has 0 saturated heterocycles. The average Bonchev–Trinajstić information content (AvgIpc) is 1.99. The maximum Gasteiger partial charge on any atom is 0.222 e. The van der Waals surface area contributed by atoms with Gasteiger partial charge in [-0.05, 0) is 6.42 Å². The molecule has 1 N–H and O–H groups in total. The standard InChI is InChI=1S/C8H16FNO/c1-4-7(9)5-10-8(11)6(2)3/h6-7H,4-5H2,1-3H3,(H,10,11). The van der Waals surface area contributed by atoms with Crippen LogP contribution in [0.15, 0.2) is 0 Å². The monoisotopic (exact) mass is 161 g/mol. The molecule has 1 atom stereocenters. The van der Waals surface area contributed by atoms with E-state index >= 15 is 0 Å². The number of carbonyl (C=O) groups excluding carboxylic acids is 1. The molecule has 0 aromatic carbocycles. The van der Waals surface area contributed by atoms with E-state index in [2.05, 4.69) is 5.32 Å². The van der Waals surface area contributed by atoms with E-state index in [-0.39, 0.29) is 18.4 Å². The minimum Gasteiger partial charge on any atom is -0.353 e. The Kier molecular flexibility index (Phi) is 4.83. The molecule has 0 heterocycles. The first-order chi connectivity index (χ1) is 5.07. The second-order valence-electron chi connectivity index (χ2n) is 2.91. The Morgan fingerprint density at radius 1 is 1.55 bits per heavy atom. The quantitative estimate of drug-likeness (QED) is 0.665. The normalized spacial score (nSPS) is 13.2. The van der Waals surface area contributed by atoms with Gasteiger partial charge in [-0.3, -0.25) is 4.79 Å². The van der Waals surface area contributed by atoms with Gasteiger partial charge < -0.3 is 5.32 Å². The summed E-state index contributed by atoms with van der Waals surface area (Å²) < 4.78 is 12.5. The van der Waals surface area contributed by atoms with Crippen LogP contribution in [0, 0.1) is 5.92 Å². The van der Waals surface area contributed by atoms with Gasteiger partial charge in [-0.15, -0.1) is 0 Å². The molecule has 0 aliphatic heterocycles. The van der Waals surface area contributed by atoms with Crippen molar-refractivity contribution in [1.29, 1.82) is 0 Å². The number of alkyl halides is 1. The van der Waals surface area contributed by atoms with Gasteiger partial charge in [0.15, 0.2) is 0 Å². The molecule has 0 aliphatic carbocycles. The van der Waals surface area contributed by atoms with Crippen molar-refractivity contribution in [1.82, 2.24) is 5.32 Å². The summed E-state index contributed by atoms with van der Waals surface area (Å²) in [6, 6.07) is 0. The van der Waals surface area contributed by atoms with Gasteiger partial charge in [-0.1, -0.05) is 20.8 Å². The summed E-state index contributed by atoms with van der Waals surface area (Å²) >= 11 is 0. The smallest absolute Gasteiger partial charge is 0.222 e. The predicted molar refractivity (Wildman–Crippen MR) is 43.0 cm³/mol. The molecule has 0 bridgehead atoms. The highest BCUT2D eigenvalue weighted by molar-refractivity contribution is 5.77. The number of nitrogens with one attached hydrogen (secondary N) is 1. The van der Waals surface area contributed by atoms with Gasteiger partial charge in [0.2, 0.25) is 5.91 Å². The van der Waals surface area contributed by atoms with Crippen molar-refractivity contribution in [2.45, 2.75) is 33.4 Å². The summed E-state index contributed by atoms with van der Waals surface area (Å²) in [5.74, 6) is -0.139. The highest BCUT2D eigenvalue weighted by Crippen LogP contribution is 1.95. The third-order valence-electron chi connectivity index (χ3n) is 1.47. The Labute approximate surface area is 67.2 Å². The van der Waals surface area contributed by atoms with E-state index in [1.165, 1.54) is 0 Å². The van der Waals surface area contributed by atoms with Gasteiger partial charge in [-0.2, -0.15) is 0 Å². The van der Waals surface area contributed by atoms with Crippen LogP contribution >= 0.6 is 0 Å². The van der Waals surface area contributed by atoms with Crippen LogP contribution in [0.1, 0.15) is 27.2 Å². The second kappa shape index (κ2) is 5.10. The van der Waals surface area contributed by atoms with Crippen LogP contribution in [0.5, 0.6) is 0 Å². The molecule has 1 unspecified atom stereocenters. The summed E-state index contributed by atoms with van der Waals surface area (Å²) in [4.78, 5) is 10.9. The van der Waals surface area contributed by atoms with E-state index in [0.717, 1.165) is 0 Å². The number of carbonyl (C=O) groups is 1. The van der Waals surface area contributed by atoms with E-state index in [4.69, 9.17) is 0 Å². The SMILES string of the molecule is CCC(F)CNC(=O)C(C)C. The first kappa shape index (κ1) is 10.4. The molecule has 0 aliphatic rings. The average molecular weight is 161 g/mol. The molecular formula is C8H16FNO. The van der Waals surface area contributed by atoms with Crippen molar-refractivity contribution >= 4 is 5.91 Å². The van der Waals surface area contributed by atoms with Gasteiger partial charge in [0, 0.05) is 12.5 Å². The zero-order chi connectivity index (χ0) is 8.85. The van der Waals surface area contributed by atoms with Crippen LogP contribution in [0.25, 0.3) is 0 Å². The molecule has 66 valence electrons. The van der Waals surface area contributed by atoms with Crippen molar-refractivity contribution in [3.63, 3.8) is 0 Å². The van der Waals surface area contributed by atoms with Crippen molar-refractivity contribution in [3.8, 4) is 0 Å². The molecular weight excluding hydrogens is 145 g/mol. The van der Waals surface area contributed by atoms with E-state index in [9.17, 15) is 9.18 Å². The van der Waals surface area contributed by atoms with E-state index in [0.29, 0.717) is 6.42 Å². The zero-order valence-electron chi connectivity index (χ0n) is 7.36. The van der Waals surface area contributed by atoms with Crippen molar-refractivity contribution < 1.29 is 9.18 Å². The first-order valence-electron chi connectivity index (χ1n) is 3.99. The summed E-state index contributed by atoms with van der Waals surface area (Å²) in [5.41, 5.74) is 0. The fourth-order valence-electron chi connectivity index (χ4n) is 0.560. The largest absolute Gasteiger partial charge is 0.353 e. The Morgan fingerprint density at radius 3 is 2.45 bits per heavy atom. The minimum absolute atomic E-state index is 0.0564. The zero-order valence-corrected chi connectivity index (χ0v) is 7.36. The second-order valence-corrected chi connectivity index (χ2v) is 2.91. The number of rotatable bonds is 4. The maximum absolute atomic E-state index is 12.5. The predicted octanol–water partition coefficient (Wildman–Crippen LogP) is 1.51. The highest BCUT2D eigenvalue weighted by atomic mass is 19.1. The molecule has 0 aromatic heterocycles. The Bertz CT molecular complexity index is 125.